The van der Waals surface area contributed by atoms with E-state index in [1.54, 1.807) is 24.3 Å². The van der Waals surface area contributed by atoms with Gasteiger partial charge in [0.15, 0.2) is 0 Å². The Hall–Kier alpha value is -0.770. The van der Waals surface area contributed by atoms with Crippen molar-refractivity contribution >= 4 is 11.6 Å². The third-order valence-corrected chi connectivity index (χ3v) is 2.35. The van der Waals surface area contributed by atoms with Gasteiger partial charge in [-0.15, -0.1) is 0 Å². The van der Waals surface area contributed by atoms with Crippen LogP contribution in [0.25, 0.3) is 0 Å². The van der Waals surface area contributed by atoms with Crippen LogP contribution in [0.15, 0.2) is 24.3 Å². The maximum Gasteiger partial charge on any atom is 0.150 e. The third-order valence-electron chi connectivity index (χ3n) is 2.10. The minimum absolute atomic E-state index is 0.267. The van der Waals surface area contributed by atoms with Crippen molar-refractivity contribution in [3.63, 3.8) is 0 Å². The van der Waals surface area contributed by atoms with Gasteiger partial charge in [-0.3, -0.25) is 0 Å². The summed E-state index contributed by atoms with van der Waals surface area (Å²) in [6.45, 7) is 0.780. The predicted octanol–water partition coefficient (Wildman–Crippen LogP) is 1.48. The van der Waals surface area contributed by atoms with Crippen LogP contribution in [0.2, 0.25) is 5.02 Å². The fourth-order valence-electron chi connectivity index (χ4n) is 1.32. The molecule has 0 aromatic heterocycles. The van der Waals surface area contributed by atoms with Gasteiger partial charge >= 0.3 is 0 Å². The zero-order valence-electron chi connectivity index (χ0n) is 7.52. The minimum Gasteiger partial charge on any atom is -0.485 e. The van der Waals surface area contributed by atoms with Crippen LogP contribution in [0.1, 0.15) is 0 Å². The fourth-order valence-corrected chi connectivity index (χ4v) is 1.45. The average Bonchev–Trinajstić information content (AvgIpc) is 2.56. The van der Waals surface area contributed by atoms with Crippen molar-refractivity contribution in [2.24, 2.45) is 0 Å². The highest BCUT2D eigenvalue weighted by atomic mass is 35.5. The summed E-state index contributed by atoms with van der Waals surface area (Å²) < 4.78 is 10.6. The summed E-state index contributed by atoms with van der Waals surface area (Å²) in [7, 11) is 0. The largest absolute Gasteiger partial charge is 0.485 e. The topological polar surface area (TPSA) is 38.7 Å². The van der Waals surface area contributed by atoms with Gasteiger partial charge in [0, 0.05) is 5.02 Å². The highest BCUT2D eigenvalue weighted by molar-refractivity contribution is 6.30. The molecule has 14 heavy (non-hydrogen) atoms. The maximum atomic E-state index is 9.43. The van der Waals surface area contributed by atoms with Gasteiger partial charge in [0.25, 0.3) is 0 Å². The van der Waals surface area contributed by atoms with Gasteiger partial charge in [-0.25, -0.2) is 0 Å². The molecule has 0 saturated carbocycles. The molecule has 1 fully saturated rings. The van der Waals surface area contributed by atoms with E-state index < -0.39 is 6.10 Å². The van der Waals surface area contributed by atoms with E-state index in [9.17, 15) is 5.11 Å². The summed E-state index contributed by atoms with van der Waals surface area (Å²) >= 11 is 5.73. The normalized spacial score (nSPS) is 26.4. The maximum absolute atomic E-state index is 9.43. The number of aliphatic hydroxyl groups excluding tert-OH is 1. The summed E-state index contributed by atoms with van der Waals surface area (Å²) in [4.78, 5) is 0. The quantitative estimate of drug-likeness (QED) is 0.811. The molecule has 0 amide bonds. The molecular weight excluding hydrogens is 204 g/mol. The van der Waals surface area contributed by atoms with E-state index in [2.05, 4.69) is 0 Å². The first-order valence-electron chi connectivity index (χ1n) is 4.44. The van der Waals surface area contributed by atoms with Crippen molar-refractivity contribution in [3.8, 4) is 5.75 Å². The van der Waals surface area contributed by atoms with Crippen LogP contribution in [-0.2, 0) is 4.74 Å². The lowest BCUT2D eigenvalue weighted by molar-refractivity contribution is 0.0733. The summed E-state index contributed by atoms with van der Waals surface area (Å²) in [5.74, 6) is 0.698. The van der Waals surface area contributed by atoms with E-state index in [-0.39, 0.29) is 6.10 Å². The number of benzene rings is 1. The number of rotatable bonds is 2. The highest BCUT2D eigenvalue weighted by Crippen LogP contribution is 2.19. The van der Waals surface area contributed by atoms with E-state index in [0.717, 1.165) is 0 Å². The van der Waals surface area contributed by atoms with Crippen LogP contribution in [-0.4, -0.2) is 30.5 Å². The van der Waals surface area contributed by atoms with Crippen molar-refractivity contribution in [3.05, 3.63) is 29.3 Å². The highest BCUT2D eigenvalue weighted by Gasteiger charge is 2.27. The van der Waals surface area contributed by atoms with Crippen LogP contribution >= 0.6 is 11.6 Å². The molecule has 0 aliphatic carbocycles. The molecule has 4 heteroatoms. The zero-order valence-corrected chi connectivity index (χ0v) is 8.28. The molecule has 1 N–H and O–H groups in total. The minimum atomic E-state index is -0.536. The SMILES string of the molecule is O[C@H]1COC[C@@H]1Oc1ccc(Cl)cc1. The van der Waals surface area contributed by atoms with Crippen LogP contribution in [0.4, 0.5) is 0 Å². The Bertz CT molecular complexity index is 299. The summed E-state index contributed by atoms with van der Waals surface area (Å²) in [5, 5.41) is 10.1. The molecule has 1 aromatic rings. The third kappa shape index (κ3) is 2.18. The molecule has 2 rings (SSSR count). The van der Waals surface area contributed by atoms with Crippen LogP contribution in [0.3, 0.4) is 0 Å². The Labute approximate surface area is 87.2 Å². The van der Waals surface area contributed by atoms with Gasteiger partial charge in [-0.1, -0.05) is 11.6 Å². The van der Waals surface area contributed by atoms with Crippen LogP contribution in [0.5, 0.6) is 5.75 Å². The van der Waals surface area contributed by atoms with E-state index in [4.69, 9.17) is 21.1 Å². The smallest absolute Gasteiger partial charge is 0.150 e. The van der Waals surface area contributed by atoms with Crippen molar-refractivity contribution in [2.45, 2.75) is 12.2 Å². The molecule has 0 bridgehead atoms. The number of halogens is 1. The summed E-state index contributed by atoms with van der Waals surface area (Å²) in [6.07, 6.45) is -0.804. The lowest BCUT2D eigenvalue weighted by Crippen LogP contribution is -2.29. The van der Waals surface area contributed by atoms with Gasteiger partial charge in [0.2, 0.25) is 0 Å². The molecule has 0 radical (unpaired) electrons. The fraction of sp³-hybridized carbons (Fsp3) is 0.400. The van der Waals surface area contributed by atoms with Gasteiger partial charge in [0.05, 0.1) is 13.2 Å². The Balaban J connectivity index is 2.00. The van der Waals surface area contributed by atoms with Gasteiger partial charge in [-0.05, 0) is 24.3 Å². The number of hydrogen-bond donors (Lipinski definition) is 1. The van der Waals surface area contributed by atoms with E-state index in [1.165, 1.54) is 0 Å². The first-order valence-corrected chi connectivity index (χ1v) is 4.81. The summed E-state index contributed by atoms with van der Waals surface area (Å²) in [6, 6.07) is 7.04. The first kappa shape index (κ1) is 9.77. The van der Waals surface area contributed by atoms with E-state index in [0.29, 0.717) is 24.0 Å². The van der Waals surface area contributed by atoms with Gasteiger partial charge in [-0.2, -0.15) is 0 Å². The number of ether oxygens (including phenoxy) is 2. The van der Waals surface area contributed by atoms with Crippen LogP contribution in [0, 0.1) is 0 Å². The standard InChI is InChI=1S/C10H11ClO3/c11-7-1-3-8(4-2-7)14-10-6-13-5-9(10)12/h1-4,9-10,12H,5-6H2/t9-,10-/m0/s1. The van der Waals surface area contributed by atoms with Gasteiger partial charge < -0.3 is 14.6 Å². The molecule has 1 saturated heterocycles. The molecule has 0 spiro atoms. The monoisotopic (exact) mass is 214 g/mol. The molecule has 76 valence electrons. The predicted molar refractivity (Wildman–Crippen MR) is 52.7 cm³/mol. The second kappa shape index (κ2) is 4.17. The van der Waals surface area contributed by atoms with Crippen LogP contribution < -0.4 is 4.74 Å². The second-order valence-electron chi connectivity index (χ2n) is 3.22. The molecule has 1 aliphatic rings. The van der Waals surface area contributed by atoms with Crippen molar-refractivity contribution in [1.82, 2.24) is 0 Å². The summed E-state index contributed by atoms with van der Waals surface area (Å²) in [5.41, 5.74) is 0. The van der Waals surface area contributed by atoms with Gasteiger partial charge in [0.1, 0.15) is 18.0 Å². The van der Waals surface area contributed by atoms with Crippen molar-refractivity contribution in [1.29, 1.82) is 0 Å². The lowest BCUT2D eigenvalue weighted by atomic mass is 10.2. The first-order chi connectivity index (χ1) is 6.75. The average molecular weight is 215 g/mol. The van der Waals surface area contributed by atoms with E-state index in [1.807, 2.05) is 0 Å². The molecule has 3 nitrogen and oxygen atoms in total. The Morgan fingerprint density at radius 2 is 2.00 bits per heavy atom. The molecule has 0 unspecified atom stereocenters. The molecular formula is C10H11ClO3. The number of hydrogen-bond acceptors (Lipinski definition) is 3. The molecule has 1 aromatic carbocycles. The number of aliphatic hydroxyl groups is 1. The second-order valence-corrected chi connectivity index (χ2v) is 3.65. The lowest BCUT2D eigenvalue weighted by Gasteiger charge is -2.14. The Kier molecular flexibility index (Phi) is 2.91. The molecule has 2 atom stereocenters. The van der Waals surface area contributed by atoms with E-state index >= 15 is 0 Å². The van der Waals surface area contributed by atoms with Crippen molar-refractivity contribution < 1.29 is 14.6 Å². The van der Waals surface area contributed by atoms with Crippen molar-refractivity contribution in [2.75, 3.05) is 13.2 Å². The Morgan fingerprint density at radius 3 is 2.57 bits per heavy atom. The Morgan fingerprint density at radius 1 is 1.29 bits per heavy atom. The molecule has 1 heterocycles. The molecule has 1 aliphatic heterocycles. The zero-order chi connectivity index (χ0) is 9.97.